The van der Waals surface area contributed by atoms with Crippen molar-refractivity contribution < 1.29 is 0 Å². The molecule has 0 bridgehead atoms. The van der Waals surface area contributed by atoms with Crippen LogP contribution in [0.3, 0.4) is 0 Å². The van der Waals surface area contributed by atoms with E-state index in [9.17, 15) is 0 Å². The fourth-order valence-electron chi connectivity index (χ4n) is 1.22. The summed E-state index contributed by atoms with van der Waals surface area (Å²) >= 11 is 5.79. The van der Waals surface area contributed by atoms with Gasteiger partial charge >= 0.3 is 0 Å². The molecule has 0 aliphatic carbocycles. The average molecular weight is 236 g/mol. The SMILES string of the molecule is Cc1ncccc1Nc1ncnc(Cl)c1N. The highest BCUT2D eigenvalue weighted by Crippen LogP contribution is 2.25. The van der Waals surface area contributed by atoms with Crippen LogP contribution in [-0.4, -0.2) is 15.0 Å². The van der Waals surface area contributed by atoms with Crippen LogP contribution in [0.25, 0.3) is 0 Å². The first kappa shape index (κ1) is 10.6. The zero-order chi connectivity index (χ0) is 11.5. The van der Waals surface area contributed by atoms with Crippen LogP contribution < -0.4 is 11.1 Å². The van der Waals surface area contributed by atoms with Crippen LogP contribution >= 0.6 is 11.6 Å². The molecule has 0 spiro atoms. The van der Waals surface area contributed by atoms with E-state index in [2.05, 4.69) is 20.3 Å². The maximum absolute atomic E-state index is 5.79. The summed E-state index contributed by atoms with van der Waals surface area (Å²) in [6.45, 7) is 1.89. The van der Waals surface area contributed by atoms with E-state index < -0.39 is 0 Å². The zero-order valence-electron chi connectivity index (χ0n) is 8.61. The lowest BCUT2D eigenvalue weighted by atomic mass is 10.3. The van der Waals surface area contributed by atoms with Crippen molar-refractivity contribution in [3.05, 3.63) is 35.5 Å². The van der Waals surface area contributed by atoms with Gasteiger partial charge in [-0.3, -0.25) is 4.98 Å². The Morgan fingerprint density at radius 3 is 2.88 bits per heavy atom. The van der Waals surface area contributed by atoms with Crippen molar-refractivity contribution in [3.63, 3.8) is 0 Å². The number of halogens is 1. The highest BCUT2D eigenvalue weighted by atomic mass is 35.5. The summed E-state index contributed by atoms with van der Waals surface area (Å²) in [5, 5.41) is 3.29. The highest BCUT2D eigenvalue weighted by Gasteiger charge is 2.07. The first-order valence-electron chi connectivity index (χ1n) is 4.63. The molecule has 16 heavy (non-hydrogen) atoms. The predicted octanol–water partition coefficient (Wildman–Crippen LogP) is 2.16. The van der Waals surface area contributed by atoms with Crippen molar-refractivity contribution in [2.75, 3.05) is 11.1 Å². The molecule has 2 aromatic rings. The Labute approximate surface area is 97.7 Å². The summed E-state index contributed by atoms with van der Waals surface area (Å²) in [4.78, 5) is 11.9. The van der Waals surface area contributed by atoms with Gasteiger partial charge in [-0.1, -0.05) is 11.6 Å². The molecule has 0 aliphatic rings. The number of nitrogens with one attached hydrogen (secondary N) is 1. The van der Waals surface area contributed by atoms with Crippen LogP contribution in [0, 0.1) is 6.92 Å². The second kappa shape index (κ2) is 4.32. The summed E-state index contributed by atoms with van der Waals surface area (Å²) in [7, 11) is 0. The third-order valence-electron chi connectivity index (χ3n) is 2.10. The van der Waals surface area contributed by atoms with Gasteiger partial charge in [-0.2, -0.15) is 0 Å². The van der Waals surface area contributed by atoms with Gasteiger partial charge in [0.1, 0.15) is 12.0 Å². The molecule has 0 radical (unpaired) electrons. The first-order valence-corrected chi connectivity index (χ1v) is 5.01. The minimum atomic E-state index is 0.235. The van der Waals surface area contributed by atoms with Gasteiger partial charge in [-0.15, -0.1) is 0 Å². The van der Waals surface area contributed by atoms with Gasteiger partial charge in [-0.25, -0.2) is 9.97 Å². The molecule has 0 aliphatic heterocycles. The molecule has 0 aromatic carbocycles. The Morgan fingerprint density at radius 1 is 1.31 bits per heavy atom. The quantitative estimate of drug-likeness (QED) is 0.780. The summed E-state index contributed by atoms with van der Waals surface area (Å²) in [6, 6.07) is 3.71. The van der Waals surface area contributed by atoms with E-state index >= 15 is 0 Å². The lowest BCUT2D eigenvalue weighted by Crippen LogP contribution is -2.02. The fourth-order valence-corrected chi connectivity index (χ4v) is 1.35. The molecule has 0 fully saturated rings. The van der Waals surface area contributed by atoms with Crippen molar-refractivity contribution in [1.82, 2.24) is 15.0 Å². The minimum absolute atomic E-state index is 0.235. The molecular formula is C10H10ClN5. The van der Waals surface area contributed by atoms with Crippen LogP contribution in [0.15, 0.2) is 24.7 Å². The molecule has 0 saturated heterocycles. The van der Waals surface area contributed by atoms with Gasteiger partial charge in [-0.05, 0) is 19.1 Å². The molecule has 82 valence electrons. The third-order valence-corrected chi connectivity index (χ3v) is 2.40. The predicted molar refractivity (Wildman–Crippen MR) is 63.7 cm³/mol. The molecular weight excluding hydrogens is 226 g/mol. The smallest absolute Gasteiger partial charge is 0.158 e. The van der Waals surface area contributed by atoms with E-state index in [0.29, 0.717) is 11.5 Å². The van der Waals surface area contributed by atoms with Gasteiger partial charge in [0, 0.05) is 6.20 Å². The van der Waals surface area contributed by atoms with Crippen molar-refractivity contribution in [1.29, 1.82) is 0 Å². The number of pyridine rings is 1. The van der Waals surface area contributed by atoms with E-state index in [1.807, 2.05) is 19.1 Å². The zero-order valence-corrected chi connectivity index (χ0v) is 9.36. The Morgan fingerprint density at radius 2 is 2.12 bits per heavy atom. The minimum Gasteiger partial charge on any atom is -0.393 e. The summed E-state index contributed by atoms with van der Waals surface area (Å²) in [5.74, 6) is 0.483. The number of hydrogen-bond donors (Lipinski definition) is 2. The Kier molecular flexibility index (Phi) is 2.87. The lowest BCUT2D eigenvalue weighted by molar-refractivity contribution is 1.15. The molecule has 2 aromatic heterocycles. The first-order chi connectivity index (χ1) is 7.68. The standard InChI is InChI=1S/C10H10ClN5/c1-6-7(3-2-4-13-6)16-10-8(12)9(11)14-5-15-10/h2-5H,12H2,1H3,(H,14,15,16). The molecule has 0 amide bonds. The van der Waals surface area contributed by atoms with E-state index in [1.165, 1.54) is 6.33 Å². The van der Waals surface area contributed by atoms with Gasteiger partial charge in [0.15, 0.2) is 11.0 Å². The molecule has 2 heterocycles. The molecule has 3 N–H and O–H groups in total. The third kappa shape index (κ3) is 2.04. The average Bonchev–Trinajstić information content (AvgIpc) is 2.28. The van der Waals surface area contributed by atoms with Gasteiger partial charge in [0.25, 0.3) is 0 Å². The van der Waals surface area contributed by atoms with E-state index in [0.717, 1.165) is 11.4 Å². The summed E-state index contributed by atoms with van der Waals surface area (Å²) in [5.41, 5.74) is 7.76. The maximum atomic E-state index is 5.79. The van der Waals surface area contributed by atoms with Crippen LogP contribution in [-0.2, 0) is 0 Å². The largest absolute Gasteiger partial charge is 0.393 e. The number of rotatable bonds is 2. The Balaban J connectivity index is 2.35. The van der Waals surface area contributed by atoms with Gasteiger partial charge in [0.05, 0.1) is 11.4 Å². The number of aromatic nitrogens is 3. The number of nitrogen functional groups attached to an aromatic ring is 1. The highest BCUT2D eigenvalue weighted by molar-refractivity contribution is 6.32. The van der Waals surface area contributed by atoms with Gasteiger partial charge in [0.2, 0.25) is 0 Å². The molecule has 6 heteroatoms. The second-order valence-electron chi connectivity index (χ2n) is 3.19. The molecule has 2 rings (SSSR count). The number of anilines is 3. The normalized spacial score (nSPS) is 10.1. The van der Waals surface area contributed by atoms with E-state index in [1.54, 1.807) is 6.20 Å². The van der Waals surface area contributed by atoms with Crippen LogP contribution in [0.5, 0.6) is 0 Å². The molecule has 0 unspecified atom stereocenters. The number of nitrogens with zero attached hydrogens (tertiary/aromatic N) is 3. The lowest BCUT2D eigenvalue weighted by Gasteiger charge is -2.09. The topological polar surface area (TPSA) is 76.7 Å². The Bertz CT molecular complexity index is 514. The second-order valence-corrected chi connectivity index (χ2v) is 3.55. The van der Waals surface area contributed by atoms with Crippen LogP contribution in [0.1, 0.15) is 5.69 Å². The Hall–Kier alpha value is -1.88. The van der Waals surface area contributed by atoms with Crippen molar-refractivity contribution >= 4 is 28.8 Å². The van der Waals surface area contributed by atoms with E-state index in [-0.39, 0.29) is 5.15 Å². The maximum Gasteiger partial charge on any atom is 0.158 e. The molecule has 5 nitrogen and oxygen atoms in total. The van der Waals surface area contributed by atoms with Gasteiger partial charge < -0.3 is 11.1 Å². The van der Waals surface area contributed by atoms with Crippen molar-refractivity contribution in [3.8, 4) is 0 Å². The number of nitrogens with two attached hydrogens (primary N) is 1. The van der Waals surface area contributed by atoms with Crippen LogP contribution in [0.4, 0.5) is 17.2 Å². The molecule has 0 atom stereocenters. The van der Waals surface area contributed by atoms with E-state index in [4.69, 9.17) is 17.3 Å². The van der Waals surface area contributed by atoms with Crippen molar-refractivity contribution in [2.24, 2.45) is 0 Å². The monoisotopic (exact) mass is 235 g/mol. The summed E-state index contributed by atoms with van der Waals surface area (Å²) < 4.78 is 0. The molecule has 0 saturated carbocycles. The number of hydrogen-bond acceptors (Lipinski definition) is 5. The number of aryl methyl sites for hydroxylation is 1. The van der Waals surface area contributed by atoms with Crippen LogP contribution in [0.2, 0.25) is 5.15 Å². The fraction of sp³-hybridized carbons (Fsp3) is 0.100. The van der Waals surface area contributed by atoms with Crippen molar-refractivity contribution in [2.45, 2.75) is 6.92 Å². The summed E-state index contributed by atoms with van der Waals surface area (Å²) in [6.07, 6.45) is 3.07.